The van der Waals surface area contributed by atoms with Crippen LogP contribution in [0.5, 0.6) is 0 Å². The van der Waals surface area contributed by atoms with Gasteiger partial charge in [-0.05, 0) is 24.6 Å². The minimum atomic E-state index is -3.16. The summed E-state index contributed by atoms with van der Waals surface area (Å²) in [4.78, 5) is 11.8. The molecule has 1 fully saturated rings. The second kappa shape index (κ2) is 5.99. The minimum absolute atomic E-state index is 0.0885. The monoisotopic (exact) mass is 317 g/mol. The first-order valence-electron chi connectivity index (χ1n) is 6.21. The molecule has 1 aromatic carbocycles. The molecule has 1 saturated heterocycles. The van der Waals surface area contributed by atoms with Gasteiger partial charge in [0.2, 0.25) is 15.9 Å². The number of sulfonamides is 1. The molecule has 1 amide bonds. The third-order valence-corrected chi connectivity index (χ3v) is 5.27. The summed E-state index contributed by atoms with van der Waals surface area (Å²) in [6, 6.07) is 4.79. The van der Waals surface area contributed by atoms with Crippen LogP contribution in [-0.4, -0.2) is 37.5 Å². The van der Waals surface area contributed by atoms with Crippen molar-refractivity contribution in [2.45, 2.75) is 12.8 Å². The Labute approximate surface area is 122 Å². The number of nitrogens with one attached hydrogen (secondary N) is 1. The van der Waals surface area contributed by atoms with Crippen molar-refractivity contribution in [3.8, 4) is 0 Å². The number of nitrogens with two attached hydrogens (primary N) is 1. The number of benzene rings is 1. The van der Waals surface area contributed by atoms with Crippen molar-refractivity contribution in [2.75, 3.05) is 29.9 Å². The summed E-state index contributed by atoms with van der Waals surface area (Å²) in [7, 11) is -3.16. The first-order chi connectivity index (χ1) is 9.38. The van der Waals surface area contributed by atoms with Gasteiger partial charge in [-0.15, -0.1) is 0 Å². The second-order valence-electron chi connectivity index (χ2n) is 4.60. The molecule has 6 nitrogen and oxygen atoms in total. The zero-order valence-electron chi connectivity index (χ0n) is 10.8. The molecule has 1 aromatic rings. The molecule has 110 valence electrons. The van der Waals surface area contributed by atoms with E-state index in [-0.39, 0.29) is 24.6 Å². The maximum absolute atomic E-state index is 11.8. The quantitative estimate of drug-likeness (QED) is 0.818. The van der Waals surface area contributed by atoms with E-state index < -0.39 is 10.0 Å². The van der Waals surface area contributed by atoms with Crippen LogP contribution in [0, 0.1) is 0 Å². The van der Waals surface area contributed by atoms with Crippen LogP contribution in [0.15, 0.2) is 18.2 Å². The Kier molecular flexibility index (Phi) is 4.52. The Morgan fingerprint density at radius 3 is 2.85 bits per heavy atom. The van der Waals surface area contributed by atoms with Crippen molar-refractivity contribution >= 4 is 38.9 Å². The van der Waals surface area contributed by atoms with Crippen LogP contribution in [0.3, 0.4) is 0 Å². The lowest BCUT2D eigenvalue weighted by molar-refractivity contribution is -0.116. The number of hydrogen-bond donors (Lipinski definition) is 2. The number of nitrogens with zero attached hydrogens (tertiary/aromatic N) is 1. The highest BCUT2D eigenvalue weighted by Gasteiger charge is 2.28. The van der Waals surface area contributed by atoms with Crippen molar-refractivity contribution in [2.24, 2.45) is 0 Å². The van der Waals surface area contributed by atoms with Crippen molar-refractivity contribution in [3.05, 3.63) is 23.2 Å². The number of amides is 1. The molecular weight excluding hydrogens is 302 g/mol. The Morgan fingerprint density at radius 1 is 1.45 bits per heavy atom. The summed E-state index contributed by atoms with van der Waals surface area (Å²) in [6.45, 7) is 0.670. The first-order valence-corrected chi connectivity index (χ1v) is 8.20. The van der Waals surface area contributed by atoms with E-state index in [9.17, 15) is 13.2 Å². The van der Waals surface area contributed by atoms with Gasteiger partial charge in [0.05, 0.1) is 17.1 Å². The molecule has 0 atom stereocenters. The van der Waals surface area contributed by atoms with Crippen molar-refractivity contribution in [3.63, 3.8) is 0 Å². The summed E-state index contributed by atoms with van der Waals surface area (Å²) in [5.41, 5.74) is 6.57. The van der Waals surface area contributed by atoms with E-state index in [1.165, 1.54) is 4.31 Å². The van der Waals surface area contributed by atoms with Gasteiger partial charge in [0.15, 0.2) is 0 Å². The smallest absolute Gasteiger partial charge is 0.225 e. The van der Waals surface area contributed by atoms with Crippen LogP contribution in [0.4, 0.5) is 11.4 Å². The van der Waals surface area contributed by atoms with Crippen molar-refractivity contribution in [1.82, 2.24) is 4.31 Å². The van der Waals surface area contributed by atoms with E-state index in [0.29, 0.717) is 29.4 Å². The zero-order chi connectivity index (χ0) is 14.8. The number of carbonyl (C=O) groups is 1. The van der Waals surface area contributed by atoms with Gasteiger partial charge in [-0.3, -0.25) is 4.79 Å². The van der Waals surface area contributed by atoms with E-state index >= 15 is 0 Å². The molecule has 3 N–H and O–H groups in total. The molecule has 0 bridgehead atoms. The van der Waals surface area contributed by atoms with E-state index in [1.54, 1.807) is 18.2 Å². The summed E-state index contributed by atoms with van der Waals surface area (Å²) >= 11 is 5.82. The maximum Gasteiger partial charge on any atom is 0.225 e. The van der Waals surface area contributed by atoms with Crippen LogP contribution >= 0.6 is 11.6 Å². The highest BCUT2D eigenvalue weighted by Crippen LogP contribution is 2.23. The number of carbonyl (C=O) groups excluding carboxylic acids is 1. The van der Waals surface area contributed by atoms with Crippen LogP contribution in [0.25, 0.3) is 0 Å². The Morgan fingerprint density at radius 2 is 2.20 bits per heavy atom. The lowest BCUT2D eigenvalue weighted by atomic mass is 10.2. The Bertz CT molecular complexity index is 618. The normalized spacial score (nSPS) is 18.1. The predicted octanol–water partition coefficient (Wildman–Crippen LogP) is 1.29. The highest BCUT2D eigenvalue weighted by atomic mass is 35.5. The summed E-state index contributed by atoms with van der Waals surface area (Å²) in [6.07, 6.45) is 0.705. The molecule has 1 heterocycles. The van der Waals surface area contributed by atoms with Gasteiger partial charge in [-0.25, -0.2) is 12.7 Å². The van der Waals surface area contributed by atoms with E-state index in [0.717, 1.165) is 0 Å². The predicted molar refractivity (Wildman–Crippen MR) is 79.1 cm³/mol. The average molecular weight is 318 g/mol. The molecular formula is C12H16ClN3O3S. The van der Waals surface area contributed by atoms with Crippen molar-refractivity contribution in [1.29, 1.82) is 0 Å². The third kappa shape index (κ3) is 3.62. The lowest BCUT2D eigenvalue weighted by Gasteiger charge is -2.14. The second-order valence-corrected chi connectivity index (χ2v) is 7.12. The molecule has 0 spiro atoms. The maximum atomic E-state index is 11.8. The molecule has 1 aliphatic rings. The number of anilines is 2. The zero-order valence-corrected chi connectivity index (χ0v) is 12.4. The van der Waals surface area contributed by atoms with Crippen molar-refractivity contribution < 1.29 is 13.2 Å². The van der Waals surface area contributed by atoms with Crippen LogP contribution in [-0.2, 0) is 14.8 Å². The van der Waals surface area contributed by atoms with Gasteiger partial charge in [-0.1, -0.05) is 11.6 Å². The number of rotatable bonds is 4. The summed E-state index contributed by atoms with van der Waals surface area (Å²) < 4.78 is 24.5. The Balaban J connectivity index is 1.91. The fourth-order valence-electron chi connectivity index (χ4n) is 2.02. The summed E-state index contributed by atoms with van der Waals surface area (Å²) in [5, 5.41) is 3.10. The Hall–Kier alpha value is -1.31. The molecule has 0 unspecified atom stereocenters. The van der Waals surface area contributed by atoms with E-state index in [1.807, 2.05) is 0 Å². The first kappa shape index (κ1) is 15.1. The largest absolute Gasteiger partial charge is 0.397 e. The summed E-state index contributed by atoms with van der Waals surface area (Å²) in [5.74, 6) is -0.128. The SMILES string of the molecule is Nc1ccc(Cl)cc1NC(=O)CCN1CCCS1(=O)=O. The fraction of sp³-hybridized carbons (Fsp3) is 0.417. The van der Waals surface area contributed by atoms with E-state index in [2.05, 4.69) is 5.32 Å². The lowest BCUT2D eigenvalue weighted by Crippen LogP contribution is -2.29. The van der Waals surface area contributed by atoms with E-state index in [4.69, 9.17) is 17.3 Å². The number of nitrogen functional groups attached to an aromatic ring is 1. The van der Waals surface area contributed by atoms with Crippen LogP contribution in [0.1, 0.15) is 12.8 Å². The van der Waals surface area contributed by atoms with Gasteiger partial charge < -0.3 is 11.1 Å². The van der Waals surface area contributed by atoms with Crippen LogP contribution in [0.2, 0.25) is 5.02 Å². The number of halogens is 1. The molecule has 0 radical (unpaired) electrons. The molecule has 0 saturated carbocycles. The van der Waals surface area contributed by atoms with Gasteiger partial charge in [0.1, 0.15) is 0 Å². The third-order valence-electron chi connectivity index (χ3n) is 3.08. The standard InChI is InChI=1S/C12H16ClN3O3S/c13-9-2-3-10(14)11(8-9)15-12(17)4-6-16-5-1-7-20(16,18)19/h2-3,8H,1,4-7,14H2,(H,15,17). The van der Waals surface area contributed by atoms with Crippen LogP contribution < -0.4 is 11.1 Å². The average Bonchev–Trinajstić information content (AvgIpc) is 2.70. The molecule has 0 aliphatic carbocycles. The molecule has 8 heteroatoms. The highest BCUT2D eigenvalue weighted by molar-refractivity contribution is 7.89. The topological polar surface area (TPSA) is 92.5 Å². The van der Waals surface area contributed by atoms with Gasteiger partial charge in [0.25, 0.3) is 0 Å². The fourth-order valence-corrected chi connectivity index (χ4v) is 3.72. The number of hydrogen-bond acceptors (Lipinski definition) is 4. The molecule has 20 heavy (non-hydrogen) atoms. The van der Waals surface area contributed by atoms with Gasteiger partial charge >= 0.3 is 0 Å². The van der Waals surface area contributed by atoms with Gasteiger partial charge in [-0.2, -0.15) is 0 Å². The molecule has 2 rings (SSSR count). The molecule has 1 aliphatic heterocycles. The minimum Gasteiger partial charge on any atom is -0.397 e. The molecule has 0 aromatic heterocycles. The van der Waals surface area contributed by atoms with Gasteiger partial charge in [0, 0.05) is 24.5 Å².